The highest BCUT2D eigenvalue weighted by Gasteiger charge is 2.32. The lowest BCUT2D eigenvalue weighted by atomic mass is 9.99. The van der Waals surface area contributed by atoms with Crippen LogP contribution in [-0.4, -0.2) is 19.3 Å². The number of aromatic amines is 1. The number of imidazole rings is 1. The standard InChI is InChI=1S/C26H22BrF3N4/c1-17-6-7-18-4-2-3-5-21(18)22(17)16-33(14-19-8-11-24(32-19)26(28,29)30)15-20-9-10-23(27)25-31-12-13-34(20)25/h2-13,32H,14-16H2,1H3. The fourth-order valence-corrected chi connectivity index (χ4v) is 4.80. The van der Waals surface area contributed by atoms with Crippen LogP contribution < -0.4 is 0 Å². The lowest BCUT2D eigenvalue weighted by Gasteiger charge is -2.24. The summed E-state index contributed by atoms with van der Waals surface area (Å²) < 4.78 is 42.4. The Kier molecular flexibility index (Phi) is 5.95. The fraction of sp³-hybridized carbons (Fsp3) is 0.192. The van der Waals surface area contributed by atoms with Crippen LogP contribution in [0.25, 0.3) is 16.4 Å². The van der Waals surface area contributed by atoms with Crippen molar-refractivity contribution < 1.29 is 13.2 Å². The smallest absolute Gasteiger partial charge is 0.354 e. The van der Waals surface area contributed by atoms with Crippen LogP contribution in [-0.2, 0) is 25.8 Å². The highest BCUT2D eigenvalue weighted by Crippen LogP contribution is 2.30. The Balaban J connectivity index is 1.53. The van der Waals surface area contributed by atoms with E-state index in [0.717, 1.165) is 38.2 Å². The van der Waals surface area contributed by atoms with Crippen molar-refractivity contribution in [3.8, 4) is 0 Å². The van der Waals surface area contributed by atoms with Gasteiger partial charge in [-0.2, -0.15) is 13.2 Å². The molecule has 0 aliphatic heterocycles. The summed E-state index contributed by atoms with van der Waals surface area (Å²) >= 11 is 3.53. The Morgan fingerprint density at radius 3 is 2.59 bits per heavy atom. The molecule has 5 rings (SSSR count). The number of alkyl halides is 3. The van der Waals surface area contributed by atoms with Crippen LogP contribution in [0.5, 0.6) is 0 Å². The molecular formula is C26H22BrF3N4. The molecule has 0 aliphatic carbocycles. The van der Waals surface area contributed by atoms with Gasteiger partial charge in [0.05, 0.1) is 4.47 Å². The van der Waals surface area contributed by atoms with Crippen molar-refractivity contribution in [2.45, 2.75) is 32.7 Å². The highest BCUT2D eigenvalue weighted by atomic mass is 79.9. The minimum Gasteiger partial charge on any atom is -0.354 e. The Hall–Kier alpha value is -3.10. The number of nitrogens with zero attached hydrogens (tertiary/aromatic N) is 3. The minimum absolute atomic E-state index is 0.338. The lowest BCUT2D eigenvalue weighted by Crippen LogP contribution is -2.24. The average molecular weight is 527 g/mol. The molecule has 0 fully saturated rings. The van der Waals surface area contributed by atoms with Crippen molar-refractivity contribution in [1.82, 2.24) is 19.3 Å². The molecule has 3 heterocycles. The summed E-state index contributed by atoms with van der Waals surface area (Å²) in [4.78, 5) is 9.12. The van der Waals surface area contributed by atoms with Crippen LogP contribution in [0.15, 0.2) is 77.5 Å². The number of hydrogen-bond acceptors (Lipinski definition) is 2. The van der Waals surface area contributed by atoms with Gasteiger partial charge in [-0.25, -0.2) is 4.98 Å². The number of H-pyrrole nitrogens is 1. The summed E-state index contributed by atoms with van der Waals surface area (Å²) in [6, 6.07) is 19.0. The van der Waals surface area contributed by atoms with Gasteiger partial charge in [-0.1, -0.05) is 36.4 Å². The number of benzene rings is 2. The Morgan fingerprint density at radius 1 is 0.971 bits per heavy atom. The molecule has 2 aromatic carbocycles. The molecule has 3 aromatic heterocycles. The second kappa shape index (κ2) is 8.92. The van der Waals surface area contributed by atoms with Gasteiger partial charge in [0.2, 0.25) is 0 Å². The lowest BCUT2D eigenvalue weighted by molar-refractivity contribution is -0.140. The maximum atomic E-state index is 13.2. The molecule has 0 amide bonds. The van der Waals surface area contributed by atoms with E-state index in [1.807, 2.05) is 34.9 Å². The summed E-state index contributed by atoms with van der Waals surface area (Å²) in [5.41, 5.74) is 3.90. The molecule has 174 valence electrons. The van der Waals surface area contributed by atoms with Gasteiger partial charge < -0.3 is 9.38 Å². The first-order valence-corrected chi connectivity index (χ1v) is 11.6. The van der Waals surface area contributed by atoms with Crippen molar-refractivity contribution in [2.75, 3.05) is 0 Å². The molecule has 1 N–H and O–H groups in total. The third kappa shape index (κ3) is 4.48. The predicted molar refractivity (Wildman–Crippen MR) is 130 cm³/mol. The van der Waals surface area contributed by atoms with Crippen molar-refractivity contribution in [3.05, 3.63) is 106 Å². The molecule has 0 aliphatic rings. The highest BCUT2D eigenvalue weighted by molar-refractivity contribution is 9.10. The van der Waals surface area contributed by atoms with Crippen LogP contribution in [0.3, 0.4) is 0 Å². The maximum Gasteiger partial charge on any atom is 0.431 e. The van der Waals surface area contributed by atoms with E-state index < -0.39 is 11.9 Å². The van der Waals surface area contributed by atoms with Crippen LogP contribution in [0.4, 0.5) is 13.2 Å². The first-order chi connectivity index (χ1) is 16.3. The van der Waals surface area contributed by atoms with Crippen LogP contribution in [0.1, 0.15) is 28.2 Å². The first-order valence-electron chi connectivity index (χ1n) is 10.8. The number of rotatable bonds is 6. The van der Waals surface area contributed by atoms with Crippen molar-refractivity contribution in [1.29, 1.82) is 0 Å². The molecule has 0 radical (unpaired) electrons. The SMILES string of the molecule is Cc1ccc2ccccc2c1CN(Cc1ccc(C(F)(F)F)[nH]1)Cc1ccc(Br)c2nccn12. The van der Waals surface area contributed by atoms with Gasteiger partial charge in [-0.3, -0.25) is 4.90 Å². The van der Waals surface area contributed by atoms with E-state index in [1.165, 1.54) is 11.6 Å². The third-order valence-corrected chi connectivity index (χ3v) is 6.69. The molecule has 0 bridgehead atoms. The zero-order valence-electron chi connectivity index (χ0n) is 18.4. The quantitative estimate of drug-likeness (QED) is 0.256. The summed E-state index contributed by atoms with van der Waals surface area (Å²) in [6.07, 6.45) is -0.763. The summed E-state index contributed by atoms with van der Waals surface area (Å²) in [7, 11) is 0. The van der Waals surface area contributed by atoms with Gasteiger partial charge in [0.1, 0.15) is 5.69 Å². The van der Waals surface area contributed by atoms with Crippen molar-refractivity contribution >= 4 is 32.3 Å². The number of fused-ring (bicyclic) bond motifs is 2. The van der Waals surface area contributed by atoms with E-state index in [1.54, 1.807) is 6.20 Å². The zero-order chi connectivity index (χ0) is 23.9. The minimum atomic E-state index is -4.40. The van der Waals surface area contributed by atoms with Gasteiger partial charge >= 0.3 is 6.18 Å². The average Bonchev–Trinajstić information content (AvgIpc) is 3.48. The number of pyridine rings is 1. The molecular weight excluding hydrogens is 505 g/mol. The number of hydrogen-bond donors (Lipinski definition) is 1. The molecule has 0 saturated carbocycles. The third-order valence-electron chi connectivity index (χ3n) is 6.07. The molecule has 8 heteroatoms. The van der Waals surface area contributed by atoms with E-state index in [4.69, 9.17) is 0 Å². The van der Waals surface area contributed by atoms with Gasteiger partial charge in [0.25, 0.3) is 0 Å². The van der Waals surface area contributed by atoms with Gasteiger partial charge in [0.15, 0.2) is 5.65 Å². The molecule has 4 nitrogen and oxygen atoms in total. The molecule has 34 heavy (non-hydrogen) atoms. The number of halogens is 4. The second-order valence-electron chi connectivity index (χ2n) is 8.42. The molecule has 0 saturated heterocycles. The first kappa shape index (κ1) is 22.7. The maximum absolute atomic E-state index is 13.2. The van der Waals surface area contributed by atoms with Gasteiger partial charge in [0, 0.05) is 43.4 Å². The number of aromatic nitrogens is 3. The molecule has 0 atom stereocenters. The molecule has 0 spiro atoms. The Labute approximate surface area is 203 Å². The summed E-state index contributed by atoms with van der Waals surface area (Å²) in [5, 5.41) is 2.29. The zero-order valence-corrected chi connectivity index (χ0v) is 20.0. The molecule has 0 unspecified atom stereocenters. The Bertz CT molecular complexity index is 1470. The molecule has 5 aromatic rings. The van der Waals surface area contributed by atoms with E-state index in [2.05, 4.69) is 62.0 Å². The van der Waals surface area contributed by atoms with Gasteiger partial charge in [-0.15, -0.1) is 0 Å². The van der Waals surface area contributed by atoms with Crippen LogP contribution in [0.2, 0.25) is 0 Å². The normalized spacial score (nSPS) is 12.3. The predicted octanol–water partition coefficient (Wildman–Crippen LogP) is 7.11. The monoisotopic (exact) mass is 526 g/mol. The second-order valence-corrected chi connectivity index (χ2v) is 9.27. The van der Waals surface area contributed by atoms with Crippen molar-refractivity contribution in [3.63, 3.8) is 0 Å². The van der Waals surface area contributed by atoms with Crippen LogP contribution in [0, 0.1) is 6.92 Å². The van der Waals surface area contributed by atoms with E-state index in [0.29, 0.717) is 25.3 Å². The summed E-state index contributed by atoms with van der Waals surface area (Å²) in [6.45, 7) is 3.53. The van der Waals surface area contributed by atoms with E-state index in [-0.39, 0.29) is 0 Å². The Morgan fingerprint density at radius 2 is 1.79 bits per heavy atom. The van der Waals surface area contributed by atoms with Crippen LogP contribution >= 0.6 is 15.9 Å². The number of nitrogens with one attached hydrogen (secondary N) is 1. The number of aryl methyl sites for hydroxylation is 1. The summed E-state index contributed by atoms with van der Waals surface area (Å²) in [5.74, 6) is 0. The van der Waals surface area contributed by atoms with Gasteiger partial charge in [-0.05, 0) is 69.0 Å². The fourth-order valence-electron chi connectivity index (χ4n) is 4.38. The van der Waals surface area contributed by atoms with E-state index >= 15 is 0 Å². The van der Waals surface area contributed by atoms with Crippen molar-refractivity contribution in [2.24, 2.45) is 0 Å². The topological polar surface area (TPSA) is 36.3 Å². The van der Waals surface area contributed by atoms with E-state index in [9.17, 15) is 13.2 Å². The largest absolute Gasteiger partial charge is 0.431 e.